The van der Waals surface area contributed by atoms with Gasteiger partial charge in [0.15, 0.2) is 0 Å². The molecule has 24 heavy (non-hydrogen) atoms. The SMILES string of the molecule is Cc1c(Oc2cc(F)cc(F)c2)ccc2c1C(C)(C)N(C)S2(=O)=O. The minimum atomic E-state index is -3.56. The minimum Gasteiger partial charge on any atom is -0.457 e. The number of hydrogen-bond acceptors (Lipinski definition) is 3. The van der Waals surface area contributed by atoms with Crippen LogP contribution in [0.1, 0.15) is 25.0 Å². The van der Waals surface area contributed by atoms with E-state index < -0.39 is 27.2 Å². The van der Waals surface area contributed by atoms with Crippen LogP contribution < -0.4 is 4.74 Å². The van der Waals surface area contributed by atoms with Crippen molar-refractivity contribution in [1.29, 1.82) is 0 Å². The van der Waals surface area contributed by atoms with Crippen molar-refractivity contribution in [3.8, 4) is 11.5 Å². The van der Waals surface area contributed by atoms with Crippen LogP contribution in [-0.2, 0) is 15.6 Å². The number of halogens is 2. The molecule has 2 aromatic rings. The van der Waals surface area contributed by atoms with Crippen molar-refractivity contribution in [1.82, 2.24) is 4.31 Å². The van der Waals surface area contributed by atoms with Crippen molar-refractivity contribution >= 4 is 10.0 Å². The first-order valence-electron chi connectivity index (χ1n) is 7.32. The quantitative estimate of drug-likeness (QED) is 0.822. The first-order valence-corrected chi connectivity index (χ1v) is 8.76. The summed E-state index contributed by atoms with van der Waals surface area (Å²) in [5, 5.41) is 0. The van der Waals surface area contributed by atoms with Crippen LogP contribution >= 0.6 is 0 Å². The van der Waals surface area contributed by atoms with E-state index in [-0.39, 0.29) is 10.6 Å². The van der Waals surface area contributed by atoms with Gasteiger partial charge in [0.2, 0.25) is 10.0 Å². The van der Waals surface area contributed by atoms with E-state index >= 15 is 0 Å². The van der Waals surface area contributed by atoms with Crippen LogP contribution in [-0.4, -0.2) is 19.8 Å². The summed E-state index contributed by atoms with van der Waals surface area (Å²) in [5.41, 5.74) is 0.500. The Balaban J connectivity index is 2.13. The summed E-state index contributed by atoms with van der Waals surface area (Å²) in [4.78, 5) is 0.227. The number of hydrogen-bond donors (Lipinski definition) is 0. The molecule has 0 saturated heterocycles. The summed E-state index contributed by atoms with van der Waals surface area (Å²) in [6.45, 7) is 5.34. The van der Waals surface area contributed by atoms with Gasteiger partial charge < -0.3 is 4.74 Å². The predicted molar refractivity (Wildman–Crippen MR) is 85.6 cm³/mol. The van der Waals surface area contributed by atoms with Gasteiger partial charge in [-0.25, -0.2) is 17.2 Å². The number of benzene rings is 2. The Hall–Kier alpha value is -1.99. The van der Waals surface area contributed by atoms with Crippen LogP contribution in [0.15, 0.2) is 35.2 Å². The summed E-state index contributed by atoms with van der Waals surface area (Å²) >= 11 is 0. The molecule has 0 spiro atoms. The number of sulfonamides is 1. The van der Waals surface area contributed by atoms with Crippen LogP contribution in [0.5, 0.6) is 11.5 Å². The average Bonchev–Trinajstić information content (AvgIpc) is 2.59. The molecule has 1 heterocycles. The molecule has 0 fully saturated rings. The Morgan fingerprint density at radius 1 is 1.08 bits per heavy atom. The van der Waals surface area contributed by atoms with E-state index in [1.165, 1.54) is 23.5 Å². The van der Waals surface area contributed by atoms with Gasteiger partial charge in [0.25, 0.3) is 0 Å². The van der Waals surface area contributed by atoms with Gasteiger partial charge in [-0.05, 0) is 44.0 Å². The zero-order valence-electron chi connectivity index (χ0n) is 13.7. The Kier molecular flexibility index (Phi) is 3.69. The molecule has 3 rings (SSSR count). The van der Waals surface area contributed by atoms with Crippen LogP contribution in [0.25, 0.3) is 0 Å². The van der Waals surface area contributed by atoms with Crippen molar-refractivity contribution in [3.05, 3.63) is 53.1 Å². The lowest BCUT2D eigenvalue weighted by molar-refractivity contribution is 0.284. The summed E-state index contributed by atoms with van der Waals surface area (Å²) in [5.74, 6) is -1.11. The van der Waals surface area contributed by atoms with Gasteiger partial charge >= 0.3 is 0 Å². The zero-order valence-corrected chi connectivity index (χ0v) is 14.5. The molecule has 0 saturated carbocycles. The van der Waals surface area contributed by atoms with E-state index in [0.29, 0.717) is 16.9 Å². The maximum Gasteiger partial charge on any atom is 0.243 e. The van der Waals surface area contributed by atoms with Gasteiger partial charge in [0.05, 0.1) is 10.4 Å². The number of rotatable bonds is 2. The Labute approximate surface area is 139 Å². The third-order valence-electron chi connectivity index (χ3n) is 4.48. The van der Waals surface area contributed by atoms with E-state index in [4.69, 9.17) is 4.74 Å². The molecule has 0 bridgehead atoms. The molecule has 128 valence electrons. The first kappa shape index (κ1) is 16.9. The summed E-state index contributed by atoms with van der Waals surface area (Å²) in [6, 6.07) is 5.87. The van der Waals surface area contributed by atoms with Crippen LogP contribution in [0.4, 0.5) is 8.78 Å². The minimum absolute atomic E-state index is 0.0163. The molecule has 1 aliphatic heterocycles. The van der Waals surface area contributed by atoms with Crippen LogP contribution in [0, 0.1) is 18.6 Å². The molecule has 2 aromatic carbocycles. The summed E-state index contributed by atoms with van der Waals surface area (Å²) in [6.07, 6.45) is 0. The fraction of sp³-hybridized carbons (Fsp3) is 0.294. The molecule has 0 aromatic heterocycles. The van der Waals surface area contributed by atoms with Crippen molar-refractivity contribution in [3.63, 3.8) is 0 Å². The summed E-state index contributed by atoms with van der Waals surface area (Å²) in [7, 11) is -2.03. The fourth-order valence-corrected chi connectivity index (χ4v) is 4.96. The largest absolute Gasteiger partial charge is 0.457 e. The van der Waals surface area contributed by atoms with Crippen LogP contribution in [0.3, 0.4) is 0 Å². The second-order valence-corrected chi connectivity index (χ2v) is 8.24. The third-order valence-corrected chi connectivity index (χ3v) is 6.55. The topological polar surface area (TPSA) is 46.6 Å². The number of ether oxygens (including phenoxy) is 1. The lowest BCUT2D eigenvalue weighted by atomic mass is 9.90. The lowest BCUT2D eigenvalue weighted by Gasteiger charge is -2.28. The second-order valence-electron chi connectivity index (χ2n) is 6.30. The van der Waals surface area contributed by atoms with E-state index in [9.17, 15) is 17.2 Å². The van der Waals surface area contributed by atoms with E-state index in [2.05, 4.69) is 0 Å². The Morgan fingerprint density at radius 3 is 2.25 bits per heavy atom. The number of nitrogens with zero attached hydrogens (tertiary/aromatic N) is 1. The van der Waals surface area contributed by atoms with Crippen molar-refractivity contribution in [2.75, 3.05) is 7.05 Å². The highest BCUT2D eigenvalue weighted by atomic mass is 32.2. The van der Waals surface area contributed by atoms with Crippen molar-refractivity contribution in [2.24, 2.45) is 0 Å². The molecule has 0 radical (unpaired) electrons. The normalized spacial score (nSPS) is 18.4. The molecular formula is C17H17F2NO3S. The monoisotopic (exact) mass is 353 g/mol. The lowest BCUT2D eigenvalue weighted by Crippen LogP contribution is -2.35. The third kappa shape index (κ3) is 2.39. The van der Waals surface area contributed by atoms with Crippen molar-refractivity contribution in [2.45, 2.75) is 31.2 Å². The summed E-state index contributed by atoms with van der Waals surface area (Å²) < 4.78 is 58.5. The zero-order chi connectivity index (χ0) is 17.9. The smallest absolute Gasteiger partial charge is 0.243 e. The molecule has 4 nitrogen and oxygen atoms in total. The standard InChI is InChI=1S/C17H17F2NO3S/c1-10-14(23-13-8-11(18)7-12(19)9-13)5-6-15-16(10)17(2,3)20(4)24(15,21)22/h5-9H,1-4H3. The fourth-order valence-electron chi connectivity index (χ4n) is 3.07. The van der Waals surface area contributed by atoms with Gasteiger partial charge in [-0.1, -0.05) is 0 Å². The highest BCUT2D eigenvalue weighted by Gasteiger charge is 2.47. The predicted octanol–water partition coefficient (Wildman–Crippen LogP) is 3.93. The maximum absolute atomic E-state index is 13.3. The molecule has 0 amide bonds. The Morgan fingerprint density at radius 2 is 1.67 bits per heavy atom. The Bertz CT molecular complexity index is 919. The molecule has 0 aliphatic carbocycles. The van der Waals surface area contributed by atoms with Gasteiger partial charge in [-0.15, -0.1) is 0 Å². The molecule has 0 atom stereocenters. The number of fused-ring (bicyclic) bond motifs is 1. The van der Waals surface area contributed by atoms with Gasteiger partial charge in [0, 0.05) is 25.2 Å². The molecule has 0 N–H and O–H groups in total. The highest BCUT2D eigenvalue weighted by Crippen LogP contribution is 2.46. The van der Waals surface area contributed by atoms with E-state index in [1.807, 2.05) is 0 Å². The van der Waals surface area contributed by atoms with Crippen molar-refractivity contribution < 1.29 is 21.9 Å². The van der Waals surface area contributed by atoms with Gasteiger partial charge in [0.1, 0.15) is 23.1 Å². The average molecular weight is 353 g/mol. The molecule has 0 unspecified atom stereocenters. The molecule has 7 heteroatoms. The van der Waals surface area contributed by atoms with E-state index in [0.717, 1.165) is 18.2 Å². The van der Waals surface area contributed by atoms with Gasteiger partial charge in [-0.3, -0.25) is 0 Å². The van der Waals surface area contributed by atoms with Crippen LogP contribution in [0.2, 0.25) is 0 Å². The van der Waals surface area contributed by atoms with E-state index in [1.54, 1.807) is 20.8 Å². The molecule has 1 aliphatic rings. The second kappa shape index (κ2) is 5.26. The van der Waals surface area contributed by atoms with Gasteiger partial charge in [-0.2, -0.15) is 4.31 Å². The molecular weight excluding hydrogens is 336 g/mol. The highest BCUT2D eigenvalue weighted by molar-refractivity contribution is 7.89. The maximum atomic E-state index is 13.3. The first-order chi connectivity index (χ1) is 11.0.